The van der Waals surface area contributed by atoms with Crippen LogP contribution < -0.4 is 5.32 Å². The van der Waals surface area contributed by atoms with E-state index >= 15 is 0 Å². The SMILES string of the molecule is CCOC(=O)C(C(=O)Nc1ccccc1)C(=O)c1ccccc1. The van der Waals surface area contributed by atoms with Crippen molar-refractivity contribution in [1.29, 1.82) is 0 Å². The molecule has 118 valence electrons. The summed E-state index contributed by atoms with van der Waals surface area (Å²) in [5.41, 5.74) is 0.793. The molecule has 0 aliphatic heterocycles. The quantitative estimate of drug-likeness (QED) is 0.506. The molecule has 5 heteroatoms. The largest absolute Gasteiger partial charge is 0.465 e. The number of Topliss-reactive ketones (excluding diaryl/α,β-unsaturated/α-hetero) is 1. The highest BCUT2D eigenvalue weighted by atomic mass is 16.5. The van der Waals surface area contributed by atoms with E-state index < -0.39 is 23.6 Å². The summed E-state index contributed by atoms with van der Waals surface area (Å²) < 4.78 is 4.88. The van der Waals surface area contributed by atoms with Crippen LogP contribution in [-0.2, 0) is 14.3 Å². The molecule has 0 bridgehead atoms. The van der Waals surface area contributed by atoms with E-state index in [2.05, 4.69) is 5.32 Å². The Morgan fingerprint density at radius 2 is 1.52 bits per heavy atom. The first kappa shape index (κ1) is 16.4. The van der Waals surface area contributed by atoms with Crippen molar-refractivity contribution in [2.24, 2.45) is 5.92 Å². The maximum Gasteiger partial charge on any atom is 0.326 e. The summed E-state index contributed by atoms with van der Waals surface area (Å²) in [5.74, 6) is -3.67. The van der Waals surface area contributed by atoms with E-state index in [9.17, 15) is 14.4 Å². The van der Waals surface area contributed by atoms with E-state index in [1.807, 2.05) is 0 Å². The van der Waals surface area contributed by atoms with Gasteiger partial charge in [0, 0.05) is 11.3 Å². The summed E-state index contributed by atoms with van der Waals surface area (Å²) in [6, 6.07) is 16.8. The van der Waals surface area contributed by atoms with Crippen LogP contribution >= 0.6 is 0 Å². The molecule has 2 aromatic rings. The smallest absolute Gasteiger partial charge is 0.326 e. The Balaban J connectivity index is 2.25. The highest BCUT2D eigenvalue weighted by Crippen LogP contribution is 2.15. The molecule has 1 N–H and O–H groups in total. The van der Waals surface area contributed by atoms with E-state index in [0.717, 1.165) is 0 Å². The highest BCUT2D eigenvalue weighted by molar-refractivity contribution is 6.24. The summed E-state index contributed by atoms with van der Waals surface area (Å²) in [6.45, 7) is 1.72. The summed E-state index contributed by atoms with van der Waals surface area (Å²) in [4.78, 5) is 37.0. The molecule has 0 aliphatic carbocycles. The molecule has 0 aliphatic rings. The Hall–Kier alpha value is -2.95. The van der Waals surface area contributed by atoms with Crippen LogP contribution in [0, 0.1) is 5.92 Å². The molecule has 0 aromatic heterocycles. The molecule has 0 saturated carbocycles. The Labute approximate surface area is 134 Å². The lowest BCUT2D eigenvalue weighted by Crippen LogP contribution is -2.37. The van der Waals surface area contributed by atoms with E-state index in [1.54, 1.807) is 67.6 Å². The monoisotopic (exact) mass is 311 g/mol. The average Bonchev–Trinajstić information content (AvgIpc) is 2.57. The van der Waals surface area contributed by atoms with Crippen LogP contribution in [-0.4, -0.2) is 24.3 Å². The predicted octanol–water partition coefficient (Wildman–Crippen LogP) is 2.69. The van der Waals surface area contributed by atoms with Crippen LogP contribution in [0.15, 0.2) is 60.7 Å². The minimum Gasteiger partial charge on any atom is -0.465 e. The lowest BCUT2D eigenvalue weighted by Gasteiger charge is -2.14. The number of anilines is 1. The number of hydrogen-bond donors (Lipinski definition) is 1. The van der Waals surface area contributed by atoms with Crippen LogP contribution in [0.5, 0.6) is 0 Å². The second-order valence-corrected chi connectivity index (χ2v) is 4.77. The number of ketones is 1. The minimum absolute atomic E-state index is 0.0933. The van der Waals surface area contributed by atoms with Crippen LogP contribution in [0.4, 0.5) is 5.69 Å². The fourth-order valence-corrected chi connectivity index (χ4v) is 2.06. The summed E-state index contributed by atoms with van der Waals surface area (Å²) in [7, 11) is 0. The molecule has 0 radical (unpaired) electrons. The van der Waals surface area contributed by atoms with E-state index in [1.165, 1.54) is 0 Å². The fourth-order valence-electron chi connectivity index (χ4n) is 2.06. The Morgan fingerprint density at radius 3 is 2.09 bits per heavy atom. The van der Waals surface area contributed by atoms with Crippen LogP contribution in [0.1, 0.15) is 17.3 Å². The van der Waals surface area contributed by atoms with Gasteiger partial charge >= 0.3 is 5.97 Å². The van der Waals surface area contributed by atoms with Gasteiger partial charge in [0.1, 0.15) is 0 Å². The number of para-hydroxylation sites is 1. The zero-order valence-electron chi connectivity index (χ0n) is 12.7. The van der Waals surface area contributed by atoms with E-state index in [4.69, 9.17) is 4.74 Å². The van der Waals surface area contributed by atoms with Gasteiger partial charge in [-0.15, -0.1) is 0 Å². The summed E-state index contributed by atoms with van der Waals surface area (Å²) in [5, 5.41) is 2.57. The number of esters is 1. The van der Waals surface area contributed by atoms with E-state index in [0.29, 0.717) is 5.69 Å². The molecule has 0 heterocycles. The molecule has 2 aromatic carbocycles. The number of nitrogens with one attached hydrogen (secondary N) is 1. The standard InChI is InChI=1S/C18H17NO4/c1-2-23-18(22)15(16(20)13-9-5-3-6-10-13)17(21)19-14-11-7-4-8-12-14/h3-12,15H,2H2,1H3,(H,19,21). The number of amides is 1. The van der Waals surface area contributed by atoms with Gasteiger partial charge in [0.2, 0.25) is 5.91 Å². The van der Waals surface area contributed by atoms with Gasteiger partial charge in [-0.3, -0.25) is 14.4 Å². The Bertz CT molecular complexity index is 683. The molecular formula is C18H17NO4. The number of carbonyl (C=O) groups excluding carboxylic acids is 3. The van der Waals surface area contributed by atoms with Crippen molar-refractivity contribution >= 4 is 23.3 Å². The second-order valence-electron chi connectivity index (χ2n) is 4.77. The second kappa shape index (κ2) is 7.89. The molecule has 23 heavy (non-hydrogen) atoms. The van der Waals surface area contributed by atoms with E-state index in [-0.39, 0.29) is 12.2 Å². The zero-order chi connectivity index (χ0) is 16.7. The molecular weight excluding hydrogens is 294 g/mol. The van der Waals surface area contributed by atoms with Crippen molar-refractivity contribution in [3.8, 4) is 0 Å². The van der Waals surface area contributed by atoms with Gasteiger partial charge in [-0.2, -0.15) is 0 Å². The number of rotatable bonds is 6. The lowest BCUT2D eigenvalue weighted by molar-refractivity contribution is -0.148. The van der Waals surface area contributed by atoms with Crippen molar-refractivity contribution in [3.05, 3.63) is 66.2 Å². The third-order valence-electron chi connectivity index (χ3n) is 3.15. The Kier molecular flexibility index (Phi) is 5.63. The first-order chi connectivity index (χ1) is 11.1. The topological polar surface area (TPSA) is 72.5 Å². The van der Waals surface area contributed by atoms with Crippen LogP contribution in [0.2, 0.25) is 0 Å². The van der Waals surface area contributed by atoms with Crippen molar-refractivity contribution in [3.63, 3.8) is 0 Å². The molecule has 0 saturated heterocycles. The van der Waals surface area contributed by atoms with Crippen molar-refractivity contribution in [1.82, 2.24) is 0 Å². The molecule has 0 spiro atoms. The lowest BCUT2D eigenvalue weighted by atomic mass is 9.96. The number of benzene rings is 2. The molecule has 0 fully saturated rings. The van der Waals surface area contributed by atoms with Crippen molar-refractivity contribution < 1.29 is 19.1 Å². The van der Waals surface area contributed by atoms with Crippen LogP contribution in [0.3, 0.4) is 0 Å². The number of carbonyl (C=O) groups is 3. The molecule has 5 nitrogen and oxygen atoms in total. The third kappa shape index (κ3) is 4.26. The maximum atomic E-state index is 12.5. The first-order valence-electron chi connectivity index (χ1n) is 7.25. The molecule has 1 unspecified atom stereocenters. The maximum absolute atomic E-state index is 12.5. The molecule has 1 atom stereocenters. The Morgan fingerprint density at radius 1 is 0.957 bits per heavy atom. The van der Waals surface area contributed by atoms with Gasteiger partial charge in [0.25, 0.3) is 0 Å². The molecule has 1 amide bonds. The number of ether oxygens (including phenoxy) is 1. The van der Waals surface area contributed by atoms with Gasteiger partial charge < -0.3 is 10.1 Å². The molecule has 2 rings (SSSR count). The normalized spacial score (nSPS) is 11.3. The van der Waals surface area contributed by atoms with Crippen LogP contribution in [0.25, 0.3) is 0 Å². The first-order valence-corrected chi connectivity index (χ1v) is 7.25. The van der Waals surface area contributed by atoms with Crippen molar-refractivity contribution in [2.45, 2.75) is 6.92 Å². The van der Waals surface area contributed by atoms with Crippen molar-refractivity contribution in [2.75, 3.05) is 11.9 Å². The van der Waals surface area contributed by atoms with Gasteiger partial charge in [-0.1, -0.05) is 48.5 Å². The summed E-state index contributed by atoms with van der Waals surface area (Å²) >= 11 is 0. The average molecular weight is 311 g/mol. The number of hydrogen-bond acceptors (Lipinski definition) is 4. The van der Waals surface area contributed by atoms with Gasteiger partial charge in [0.15, 0.2) is 11.7 Å². The minimum atomic E-state index is -1.53. The van der Waals surface area contributed by atoms with Gasteiger partial charge in [-0.05, 0) is 19.1 Å². The highest BCUT2D eigenvalue weighted by Gasteiger charge is 2.36. The van der Waals surface area contributed by atoms with Gasteiger partial charge in [-0.25, -0.2) is 0 Å². The van der Waals surface area contributed by atoms with Gasteiger partial charge in [0.05, 0.1) is 6.61 Å². The summed E-state index contributed by atoms with van der Waals surface area (Å²) in [6.07, 6.45) is 0. The zero-order valence-corrected chi connectivity index (χ0v) is 12.7. The predicted molar refractivity (Wildman–Crippen MR) is 86.0 cm³/mol. The third-order valence-corrected chi connectivity index (χ3v) is 3.15. The fraction of sp³-hybridized carbons (Fsp3) is 0.167.